The van der Waals surface area contributed by atoms with Gasteiger partial charge in [-0.3, -0.25) is 9.59 Å². The summed E-state index contributed by atoms with van der Waals surface area (Å²) in [4.78, 5) is 26.3. The summed E-state index contributed by atoms with van der Waals surface area (Å²) in [6.45, 7) is 3.17. The summed E-state index contributed by atoms with van der Waals surface area (Å²) in [5.41, 5.74) is 1.06. The molecule has 0 saturated carbocycles. The van der Waals surface area contributed by atoms with Crippen LogP contribution in [0.5, 0.6) is 0 Å². The molecule has 1 heterocycles. The minimum Gasteiger partial charge on any atom is -0.350 e. The number of aryl methyl sites for hydroxylation is 1. The van der Waals surface area contributed by atoms with E-state index in [0.29, 0.717) is 12.2 Å². The Balaban J connectivity index is 2.19. The van der Waals surface area contributed by atoms with Gasteiger partial charge in [-0.25, -0.2) is 4.68 Å². The zero-order valence-corrected chi connectivity index (χ0v) is 13.7. The predicted molar refractivity (Wildman–Crippen MR) is 90.1 cm³/mol. The maximum Gasteiger partial charge on any atom is 0.275 e. The van der Waals surface area contributed by atoms with Crippen molar-refractivity contribution in [3.8, 4) is 5.69 Å². The quantitative estimate of drug-likeness (QED) is 0.814. The molecular weight excluding hydrogens is 292 g/mol. The average molecular weight is 314 g/mol. The molecule has 0 atom stereocenters. The predicted octanol–water partition coefficient (Wildman–Crippen LogP) is 1.22. The van der Waals surface area contributed by atoms with Crippen LogP contribution in [0.25, 0.3) is 5.69 Å². The molecule has 0 spiro atoms. The van der Waals surface area contributed by atoms with E-state index in [0.717, 1.165) is 18.7 Å². The number of hydrogen-bond acceptors (Lipinski definition) is 4. The Morgan fingerprint density at radius 3 is 2.61 bits per heavy atom. The number of rotatable bonds is 6. The van der Waals surface area contributed by atoms with Crippen LogP contribution in [0, 0.1) is 6.92 Å². The van der Waals surface area contributed by atoms with E-state index >= 15 is 0 Å². The molecule has 0 aliphatic carbocycles. The summed E-state index contributed by atoms with van der Waals surface area (Å²) in [6.07, 6.45) is 0.817. The molecule has 1 N–H and O–H groups in total. The lowest BCUT2D eigenvalue weighted by atomic mass is 10.2. The van der Waals surface area contributed by atoms with E-state index in [1.54, 1.807) is 11.6 Å². The maximum atomic E-state index is 12.2. The van der Waals surface area contributed by atoms with Crippen molar-refractivity contribution in [2.75, 3.05) is 27.2 Å². The van der Waals surface area contributed by atoms with Crippen molar-refractivity contribution < 1.29 is 4.79 Å². The largest absolute Gasteiger partial charge is 0.350 e. The Morgan fingerprint density at radius 1 is 1.26 bits per heavy atom. The van der Waals surface area contributed by atoms with Gasteiger partial charge in [-0.2, -0.15) is 5.10 Å². The van der Waals surface area contributed by atoms with Gasteiger partial charge in [0, 0.05) is 18.3 Å². The second-order valence-corrected chi connectivity index (χ2v) is 5.66. The molecule has 2 rings (SSSR count). The fourth-order valence-electron chi connectivity index (χ4n) is 2.22. The third-order valence-electron chi connectivity index (χ3n) is 3.39. The lowest BCUT2D eigenvalue weighted by molar-refractivity contribution is 0.0944. The van der Waals surface area contributed by atoms with Gasteiger partial charge in [-0.15, -0.1) is 0 Å². The Hall–Kier alpha value is -2.47. The lowest BCUT2D eigenvalue weighted by Crippen LogP contribution is -2.33. The second kappa shape index (κ2) is 7.69. The number of nitrogens with zero attached hydrogens (tertiary/aromatic N) is 3. The standard InChI is InChI=1S/C17H22N4O2/c1-13-12-15(22)16(17(23)18-10-7-11-20(2)3)19-21(13)14-8-5-4-6-9-14/h4-6,8-9,12H,7,10-11H2,1-3H3,(H,18,23). The summed E-state index contributed by atoms with van der Waals surface area (Å²) in [5, 5.41) is 6.99. The fraction of sp³-hybridized carbons (Fsp3) is 0.353. The van der Waals surface area contributed by atoms with Crippen molar-refractivity contribution in [3.05, 3.63) is 58.0 Å². The highest BCUT2D eigenvalue weighted by molar-refractivity contribution is 5.92. The number of carbonyl (C=O) groups is 1. The highest BCUT2D eigenvalue weighted by Crippen LogP contribution is 2.07. The monoisotopic (exact) mass is 314 g/mol. The summed E-state index contributed by atoms with van der Waals surface area (Å²) < 4.78 is 1.61. The van der Waals surface area contributed by atoms with Gasteiger partial charge in [-0.1, -0.05) is 18.2 Å². The minimum atomic E-state index is -0.432. The molecule has 0 bridgehead atoms. The van der Waals surface area contributed by atoms with E-state index in [-0.39, 0.29) is 11.1 Å². The summed E-state index contributed by atoms with van der Waals surface area (Å²) >= 11 is 0. The van der Waals surface area contributed by atoms with E-state index < -0.39 is 5.91 Å². The molecule has 2 aromatic rings. The summed E-state index contributed by atoms with van der Waals surface area (Å²) in [7, 11) is 3.95. The van der Waals surface area contributed by atoms with Crippen LogP contribution in [0.4, 0.5) is 0 Å². The fourth-order valence-corrected chi connectivity index (χ4v) is 2.22. The molecule has 122 valence electrons. The van der Waals surface area contributed by atoms with Gasteiger partial charge in [0.2, 0.25) is 5.43 Å². The topological polar surface area (TPSA) is 67.2 Å². The van der Waals surface area contributed by atoms with Crippen molar-refractivity contribution in [3.63, 3.8) is 0 Å². The van der Waals surface area contributed by atoms with E-state index in [9.17, 15) is 9.59 Å². The van der Waals surface area contributed by atoms with Crippen molar-refractivity contribution in [2.45, 2.75) is 13.3 Å². The number of para-hydroxylation sites is 1. The Kier molecular flexibility index (Phi) is 5.65. The van der Waals surface area contributed by atoms with Crippen LogP contribution < -0.4 is 10.7 Å². The molecule has 1 aromatic carbocycles. The van der Waals surface area contributed by atoms with Crippen molar-refractivity contribution >= 4 is 5.91 Å². The third-order valence-corrected chi connectivity index (χ3v) is 3.39. The number of amides is 1. The van der Waals surface area contributed by atoms with Crippen LogP contribution in [-0.2, 0) is 0 Å². The number of benzene rings is 1. The second-order valence-electron chi connectivity index (χ2n) is 5.66. The first-order valence-electron chi connectivity index (χ1n) is 7.58. The Morgan fingerprint density at radius 2 is 1.96 bits per heavy atom. The molecule has 1 amide bonds. The first-order chi connectivity index (χ1) is 11.0. The van der Waals surface area contributed by atoms with Gasteiger partial charge in [0.15, 0.2) is 5.69 Å². The molecule has 0 radical (unpaired) electrons. The van der Waals surface area contributed by atoms with E-state index in [4.69, 9.17) is 0 Å². The van der Waals surface area contributed by atoms with Crippen LogP contribution in [0.3, 0.4) is 0 Å². The summed E-state index contributed by atoms with van der Waals surface area (Å²) in [6, 6.07) is 10.9. The van der Waals surface area contributed by atoms with Gasteiger partial charge in [0.1, 0.15) is 0 Å². The number of aromatic nitrogens is 2. The highest BCUT2D eigenvalue weighted by Gasteiger charge is 2.14. The molecule has 1 aromatic heterocycles. The lowest BCUT2D eigenvalue weighted by Gasteiger charge is -2.12. The molecule has 0 aliphatic heterocycles. The average Bonchev–Trinajstić information content (AvgIpc) is 2.52. The molecule has 0 aliphatic rings. The first kappa shape index (κ1) is 16.9. The molecule has 0 fully saturated rings. The number of carbonyl (C=O) groups excluding carboxylic acids is 1. The van der Waals surface area contributed by atoms with Crippen LogP contribution >= 0.6 is 0 Å². The molecule has 6 nitrogen and oxygen atoms in total. The Bertz CT molecular complexity index is 723. The van der Waals surface area contributed by atoms with Gasteiger partial charge in [0.25, 0.3) is 5.91 Å². The molecule has 6 heteroatoms. The molecule has 0 unspecified atom stereocenters. The third kappa shape index (κ3) is 4.50. The van der Waals surface area contributed by atoms with E-state index in [1.807, 2.05) is 49.3 Å². The zero-order chi connectivity index (χ0) is 16.8. The smallest absolute Gasteiger partial charge is 0.275 e. The Labute approximate surface area is 135 Å². The molecule has 23 heavy (non-hydrogen) atoms. The van der Waals surface area contributed by atoms with Gasteiger partial charge >= 0.3 is 0 Å². The van der Waals surface area contributed by atoms with E-state index in [1.165, 1.54) is 6.07 Å². The van der Waals surface area contributed by atoms with Crippen molar-refractivity contribution in [2.24, 2.45) is 0 Å². The van der Waals surface area contributed by atoms with Crippen molar-refractivity contribution in [1.29, 1.82) is 0 Å². The highest BCUT2D eigenvalue weighted by atomic mass is 16.2. The zero-order valence-electron chi connectivity index (χ0n) is 13.7. The number of hydrogen-bond donors (Lipinski definition) is 1. The van der Waals surface area contributed by atoms with Crippen LogP contribution in [0.15, 0.2) is 41.2 Å². The van der Waals surface area contributed by atoms with Gasteiger partial charge in [-0.05, 0) is 46.1 Å². The summed E-state index contributed by atoms with van der Waals surface area (Å²) in [5.74, 6) is -0.432. The number of nitrogens with one attached hydrogen (secondary N) is 1. The van der Waals surface area contributed by atoms with Crippen LogP contribution in [0.2, 0.25) is 0 Å². The van der Waals surface area contributed by atoms with E-state index in [2.05, 4.69) is 10.4 Å². The van der Waals surface area contributed by atoms with Crippen LogP contribution in [0.1, 0.15) is 22.6 Å². The maximum absolute atomic E-state index is 12.2. The van der Waals surface area contributed by atoms with Gasteiger partial charge < -0.3 is 10.2 Å². The van der Waals surface area contributed by atoms with Crippen LogP contribution in [-0.4, -0.2) is 47.8 Å². The molecule has 0 saturated heterocycles. The molecular formula is C17H22N4O2. The van der Waals surface area contributed by atoms with Gasteiger partial charge in [0.05, 0.1) is 5.69 Å². The van der Waals surface area contributed by atoms with Crippen molar-refractivity contribution in [1.82, 2.24) is 20.0 Å². The first-order valence-corrected chi connectivity index (χ1v) is 7.58. The normalized spacial score (nSPS) is 10.8. The minimum absolute atomic E-state index is 0.0793. The SMILES string of the molecule is Cc1cc(=O)c(C(=O)NCCCN(C)C)nn1-c1ccccc1.